The Kier molecular flexibility index (Phi) is 8.30. The normalized spacial score (nSPS) is 17.9. The molecule has 170 valence electrons. The molecule has 0 saturated heterocycles. The lowest BCUT2D eigenvalue weighted by atomic mass is 9.87. The van der Waals surface area contributed by atoms with Gasteiger partial charge in [-0.2, -0.15) is 0 Å². The molecule has 0 bridgehead atoms. The standard InChI is InChI=1S/C22H23Cl2N3O5/c23-17-7-3-14(11-18(17)24)20(28)25-9-10-26-21(29)15-4-8-19(27-12-15)32-16-5-1-13(2-6-16)22(30)31/h3-4,7-8,11-13,16H,1-2,5-6,9-10H2,(H,25,28)(H,26,29)(H,30,31)/t13-,16+. The number of ether oxygens (including phenoxy) is 1. The van der Waals surface area contributed by atoms with Gasteiger partial charge in [-0.25, -0.2) is 4.98 Å². The maximum atomic E-state index is 12.3. The van der Waals surface area contributed by atoms with Crippen molar-refractivity contribution in [1.29, 1.82) is 0 Å². The van der Waals surface area contributed by atoms with Crippen LogP contribution in [0.1, 0.15) is 46.4 Å². The number of pyridine rings is 1. The van der Waals surface area contributed by atoms with Crippen molar-refractivity contribution in [2.45, 2.75) is 31.8 Å². The highest BCUT2D eigenvalue weighted by Gasteiger charge is 2.27. The van der Waals surface area contributed by atoms with E-state index in [1.165, 1.54) is 12.3 Å². The van der Waals surface area contributed by atoms with Gasteiger partial charge in [0.05, 0.1) is 21.5 Å². The zero-order valence-corrected chi connectivity index (χ0v) is 18.7. The number of aromatic nitrogens is 1. The van der Waals surface area contributed by atoms with Gasteiger partial charge < -0.3 is 20.5 Å². The number of aliphatic carboxylic acids is 1. The summed E-state index contributed by atoms with van der Waals surface area (Å²) in [5.74, 6) is -1.31. The Morgan fingerprint density at radius 2 is 1.56 bits per heavy atom. The molecule has 8 nitrogen and oxygen atoms in total. The summed E-state index contributed by atoms with van der Waals surface area (Å²) in [6.45, 7) is 0.468. The second-order valence-corrected chi connectivity index (χ2v) is 8.27. The molecule has 3 rings (SSSR count). The monoisotopic (exact) mass is 479 g/mol. The predicted molar refractivity (Wildman–Crippen MR) is 119 cm³/mol. The van der Waals surface area contributed by atoms with E-state index in [2.05, 4.69) is 15.6 Å². The fourth-order valence-electron chi connectivity index (χ4n) is 3.38. The maximum Gasteiger partial charge on any atom is 0.306 e. The van der Waals surface area contributed by atoms with Crippen LogP contribution in [-0.4, -0.2) is 47.1 Å². The molecule has 1 saturated carbocycles. The third-order valence-electron chi connectivity index (χ3n) is 5.19. The van der Waals surface area contributed by atoms with E-state index in [1.54, 1.807) is 24.3 Å². The number of hydrogen-bond donors (Lipinski definition) is 3. The number of halogens is 2. The van der Waals surface area contributed by atoms with E-state index in [0.717, 1.165) is 0 Å². The number of benzene rings is 1. The van der Waals surface area contributed by atoms with Crippen LogP contribution >= 0.6 is 23.2 Å². The molecule has 0 aliphatic heterocycles. The van der Waals surface area contributed by atoms with Crippen LogP contribution in [0.5, 0.6) is 5.88 Å². The average molecular weight is 480 g/mol. The molecule has 1 heterocycles. The van der Waals surface area contributed by atoms with Crippen molar-refractivity contribution in [2.75, 3.05) is 13.1 Å². The summed E-state index contributed by atoms with van der Waals surface area (Å²) in [4.78, 5) is 39.5. The minimum absolute atomic E-state index is 0.0723. The van der Waals surface area contributed by atoms with Crippen LogP contribution in [0, 0.1) is 5.92 Å². The first-order valence-electron chi connectivity index (χ1n) is 10.2. The third kappa shape index (κ3) is 6.58. The summed E-state index contributed by atoms with van der Waals surface area (Å²) in [6.07, 6.45) is 3.84. The molecule has 1 aliphatic carbocycles. The zero-order valence-electron chi connectivity index (χ0n) is 17.1. The number of carbonyl (C=O) groups is 3. The fourth-order valence-corrected chi connectivity index (χ4v) is 3.67. The minimum atomic E-state index is -0.758. The molecule has 0 atom stereocenters. The van der Waals surface area contributed by atoms with Crippen molar-refractivity contribution in [3.05, 3.63) is 57.7 Å². The molecule has 1 aromatic carbocycles. The molecule has 0 unspecified atom stereocenters. The number of hydrogen-bond acceptors (Lipinski definition) is 5. The van der Waals surface area contributed by atoms with Gasteiger partial charge in [-0.05, 0) is 49.9 Å². The van der Waals surface area contributed by atoms with E-state index in [9.17, 15) is 14.4 Å². The summed E-state index contributed by atoms with van der Waals surface area (Å²) in [7, 11) is 0. The zero-order chi connectivity index (χ0) is 23.1. The largest absolute Gasteiger partial charge is 0.481 e. The molecular weight excluding hydrogens is 457 g/mol. The highest BCUT2D eigenvalue weighted by atomic mass is 35.5. The lowest BCUT2D eigenvalue weighted by molar-refractivity contribution is -0.143. The number of carboxylic acids is 1. The fraction of sp³-hybridized carbons (Fsp3) is 0.364. The molecular formula is C22H23Cl2N3O5. The quantitative estimate of drug-likeness (QED) is 0.498. The molecule has 10 heteroatoms. The van der Waals surface area contributed by atoms with Crippen molar-refractivity contribution in [2.24, 2.45) is 5.92 Å². The van der Waals surface area contributed by atoms with Crippen LogP contribution < -0.4 is 15.4 Å². The summed E-state index contributed by atoms with van der Waals surface area (Å²) in [5.41, 5.74) is 0.740. The minimum Gasteiger partial charge on any atom is -0.481 e. The Hall–Kier alpha value is -2.84. The van der Waals surface area contributed by atoms with E-state index in [1.807, 2.05) is 0 Å². The summed E-state index contributed by atoms with van der Waals surface area (Å²) < 4.78 is 5.80. The van der Waals surface area contributed by atoms with E-state index in [4.69, 9.17) is 33.0 Å². The van der Waals surface area contributed by atoms with Gasteiger partial charge >= 0.3 is 5.97 Å². The molecule has 0 spiro atoms. The van der Waals surface area contributed by atoms with E-state index in [-0.39, 0.29) is 36.9 Å². The molecule has 2 aromatic rings. The summed E-state index contributed by atoms with van der Waals surface area (Å²) >= 11 is 11.7. The van der Waals surface area contributed by atoms with Crippen molar-refractivity contribution in [3.8, 4) is 5.88 Å². The molecule has 1 aliphatic rings. The Morgan fingerprint density at radius 1 is 0.938 bits per heavy atom. The molecule has 2 amide bonds. The Bertz CT molecular complexity index is 976. The number of nitrogens with one attached hydrogen (secondary N) is 2. The number of carbonyl (C=O) groups excluding carboxylic acids is 2. The van der Waals surface area contributed by atoms with Gasteiger partial charge in [-0.15, -0.1) is 0 Å². The van der Waals surface area contributed by atoms with Crippen LogP contribution in [-0.2, 0) is 4.79 Å². The van der Waals surface area contributed by atoms with Crippen LogP contribution in [0.2, 0.25) is 10.0 Å². The van der Waals surface area contributed by atoms with Crippen molar-refractivity contribution < 1.29 is 24.2 Å². The predicted octanol–water partition coefficient (Wildman–Crippen LogP) is 3.57. The number of carboxylic acid groups (broad SMARTS) is 1. The summed E-state index contributed by atoms with van der Waals surface area (Å²) in [6, 6.07) is 7.81. The number of amides is 2. The lowest BCUT2D eigenvalue weighted by Gasteiger charge is -2.26. The molecule has 3 N–H and O–H groups in total. The number of rotatable bonds is 8. The van der Waals surface area contributed by atoms with Crippen LogP contribution in [0.3, 0.4) is 0 Å². The van der Waals surface area contributed by atoms with Crippen molar-refractivity contribution in [1.82, 2.24) is 15.6 Å². The Balaban J connectivity index is 1.39. The van der Waals surface area contributed by atoms with Gasteiger partial charge in [-0.1, -0.05) is 23.2 Å². The van der Waals surface area contributed by atoms with Crippen LogP contribution in [0.25, 0.3) is 0 Å². The Labute approximate surface area is 195 Å². The van der Waals surface area contributed by atoms with Crippen LogP contribution in [0.15, 0.2) is 36.5 Å². The van der Waals surface area contributed by atoms with E-state index >= 15 is 0 Å². The second kappa shape index (κ2) is 11.2. The average Bonchev–Trinajstić information content (AvgIpc) is 2.79. The second-order valence-electron chi connectivity index (χ2n) is 7.46. The topological polar surface area (TPSA) is 118 Å². The first kappa shape index (κ1) is 23.8. The first-order valence-corrected chi connectivity index (χ1v) is 11.0. The highest BCUT2D eigenvalue weighted by molar-refractivity contribution is 6.42. The van der Waals surface area contributed by atoms with Gasteiger partial charge in [0.15, 0.2) is 0 Å². The smallest absolute Gasteiger partial charge is 0.306 e. The van der Waals surface area contributed by atoms with Gasteiger partial charge in [-0.3, -0.25) is 14.4 Å². The maximum absolute atomic E-state index is 12.3. The number of nitrogens with zero attached hydrogens (tertiary/aromatic N) is 1. The first-order chi connectivity index (χ1) is 15.3. The van der Waals surface area contributed by atoms with E-state index < -0.39 is 5.97 Å². The summed E-state index contributed by atoms with van der Waals surface area (Å²) in [5, 5.41) is 15.1. The Morgan fingerprint density at radius 3 is 2.12 bits per heavy atom. The molecule has 0 radical (unpaired) electrons. The lowest BCUT2D eigenvalue weighted by Crippen LogP contribution is -2.34. The van der Waals surface area contributed by atoms with Gasteiger partial charge in [0.1, 0.15) is 6.10 Å². The molecule has 32 heavy (non-hydrogen) atoms. The van der Waals surface area contributed by atoms with E-state index in [0.29, 0.717) is 52.7 Å². The molecule has 1 aromatic heterocycles. The van der Waals surface area contributed by atoms with Gasteiger partial charge in [0.25, 0.3) is 11.8 Å². The SMILES string of the molecule is O=C(NCCNC(=O)c1ccc(Cl)c(Cl)c1)c1ccc(O[C@H]2CC[C@@H](C(=O)O)CC2)nc1. The van der Waals surface area contributed by atoms with Gasteiger partial charge in [0.2, 0.25) is 5.88 Å². The van der Waals surface area contributed by atoms with Crippen LogP contribution in [0.4, 0.5) is 0 Å². The third-order valence-corrected chi connectivity index (χ3v) is 5.93. The van der Waals surface area contributed by atoms with Gasteiger partial charge in [0, 0.05) is 30.9 Å². The van der Waals surface area contributed by atoms with Crippen molar-refractivity contribution >= 4 is 41.0 Å². The van der Waals surface area contributed by atoms with Crippen molar-refractivity contribution in [3.63, 3.8) is 0 Å². The molecule has 1 fully saturated rings. The highest BCUT2D eigenvalue weighted by Crippen LogP contribution is 2.27.